The van der Waals surface area contributed by atoms with Crippen LogP contribution in [0.15, 0.2) is 46.0 Å². The maximum absolute atomic E-state index is 3.99. The molecule has 0 aliphatic heterocycles. The Morgan fingerprint density at radius 3 is 2.43 bits per heavy atom. The summed E-state index contributed by atoms with van der Waals surface area (Å²) in [7, 11) is 1.76. The molecule has 0 heterocycles. The summed E-state index contributed by atoms with van der Waals surface area (Å²) in [5.41, 5.74) is 1.09. The number of allylic oxidation sites excluding steroid dienone is 1. The fourth-order valence-corrected chi connectivity index (χ4v) is 1.35. The predicted molar refractivity (Wildman–Crippen MR) is 65.9 cm³/mol. The van der Waals surface area contributed by atoms with Crippen molar-refractivity contribution < 1.29 is 0 Å². The third kappa shape index (κ3) is 3.00. The summed E-state index contributed by atoms with van der Waals surface area (Å²) in [6.07, 6.45) is 5.73. The summed E-state index contributed by atoms with van der Waals surface area (Å²) in [6, 6.07) is 8.09. The van der Waals surface area contributed by atoms with E-state index in [1.165, 1.54) is 0 Å². The first kappa shape index (κ1) is 11.0. The Balaban J connectivity index is 2.93. The standard InChI is InChI=1S/C11H13BrN2/c1-3-8-14(9-13-2)11-6-4-10(12)5-7-11/h3-9H,1-2H3/b8-3-,13-9?. The number of nitrogens with zero attached hydrogens (tertiary/aromatic N) is 2. The summed E-state index contributed by atoms with van der Waals surface area (Å²) >= 11 is 3.40. The smallest absolute Gasteiger partial charge is 0.0931 e. The van der Waals surface area contributed by atoms with E-state index in [1.54, 1.807) is 13.4 Å². The van der Waals surface area contributed by atoms with Crippen LogP contribution >= 0.6 is 15.9 Å². The van der Waals surface area contributed by atoms with Crippen LogP contribution in [-0.2, 0) is 0 Å². The number of aliphatic imine (C=N–C) groups is 1. The molecule has 74 valence electrons. The summed E-state index contributed by atoms with van der Waals surface area (Å²) < 4.78 is 1.08. The molecule has 0 aromatic heterocycles. The lowest BCUT2D eigenvalue weighted by Crippen LogP contribution is -2.12. The number of benzene rings is 1. The summed E-state index contributed by atoms with van der Waals surface area (Å²) in [5.74, 6) is 0. The van der Waals surface area contributed by atoms with Gasteiger partial charge in [-0.25, -0.2) is 0 Å². The molecule has 1 rings (SSSR count). The Morgan fingerprint density at radius 1 is 1.29 bits per heavy atom. The number of rotatable bonds is 3. The minimum absolute atomic E-state index is 1.08. The minimum atomic E-state index is 1.08. The van der Waals surface area contributed by atoms with E-state index in [4.69, 9.17) is 0 Å². The van der Waals surface area contributed by atoms with E-state index in [0.29, 0.717) is 0 Å². The molecule has 1 aromatic rings. The third-order valence-electron chi connectivity index (χ3n) is 1.67. The highest BCUT2D eigenvalue weighted by atomic mass is 79.9. The monoisotopic (exact) mass is 252 g/mol. The zero-order chi connectivity index (χ0) is 10.4. The predicted octanol–water partition coefficient (Wildman–Crippen LogP) is 3.45. The maximum Gasteiger partial charge on any atom is 0.0931 e. The number of halogens is 1. The van der Waals surface area contributed by atoms with Gasteiger partial charge in [-0.05, 0) is 31.2 Å². The lowest BCUT2D eigenvalue weighted by Gasteiger charge is -2.13. The Labute approximate surface area is 93.1 Å². The molecule has 0 fully saturated rings. The van der Waals surface area contributed by atoms with Crippen molar-refractivity contribution >= 4 is 28.0 Å². The molecule has 2 nitrogen and oxygen atoms in total. The van der Waals surface area contributed by atoms with Crippen LogP contribution in [0.25, 0.3) is 0 Å². The highest BCUT2D eigenvalue weighted by Crippen LogP contribution is 2.17. The second-order valence-electron chi connectivity index (χ2n) is 2.74. The quantitative estimate of drug-likeness (QED) is 0.595. The van der Waals surface area contributed by atoms with E-state index in [9.17, 15) is 0 Å². The summed E-state index contributed by atoms with van der Waals surface area (Å²) in [4.78, 5) is 5.96. The van der Waals surface area contributed by atoms with Gasteiger partial charge in [0.2, 0.25) is 0 Å². The van der Waals surface area contributed by atoms with E-state index >= 15 is 0 Å². The van der Waals surface area contributed by atoms with E-state index in [1.807, 2.05) is 48.4 Å². The SMILES string of the molecule is C/C=C\N(C=NC)c1ccc(Br)cc1. The van der Waals surface area contributed by atoms with E-state index in [-0.39, 0.29) is 0 Å². The topological polar surface area (TPSA) is 15.6 Å². The molecule has 3 heteroatoms. The largest absolute Gasteiger partial charge is 0.309 e. The van der Waals surface area contributed by atoms with Gasteiger partial charge in [0.15, 0.2) is 0 Å². The van der Waals surface area contributed by atoms with Gasteiger partial charge in [-0.1, -0.05) is 22.0 Å². The Kier molecular flexibility index (Phi) is 4.40. The molecule has 0 amide bonds. The Morgan fingerprint density at radius 2 is 1.93 bits per heavy atom. The van der Waals surface area contributed by atoms with Gasteiger partial charge in [-0.2, -0.15) is 0 Å². The van der Waals surface area contributed by atoms with Crippen molar-refractivity contribution in [2.24, 2.45) is 4.99 Å². The van der Waals surface area contributed by atoms with Gasteiger partial charge in [0.05, 0.1) is 6.34 Å². The van der Waals surface area contributed by atoms with Crippen LogP contribution in [0.2, 0.25) is 0 Å². The Bertz CT molecular complexity index is 316. The van der Waals surface area contributed by atoms with Gasteiger partial charge in [-0.15, -0.1) is 0 Å². The molecular weight excluding hydrogens is 240 g/mol. The van der Waals surface area contributed by atoms with Gasteiger partial charge >= 0.3 is 0 Å². The molecule has 0 N–H and O–H groups in total. The van der Waals surface area contributed by atoms with Crippen molar-refractivity contribution in [3.8, 4) is 0 Å². The second kappa shape index (κ2) is 5.60. The zero-order valence-electron chi connectivity index (χ0n) is 8.31. The second-order valence-corrected chi connectivity index (χ2v) is 3.66. The lowest BCUT2D eigenvalue weighted by atomic mass is 10.3. The Hall–Kier alpha value is -1.09. The third-order valence-corrected chi connectivity index (χ3v) is 2.20. The van der Waals surface area contributed by atoms with Crippen LogP contribution in [0.3, 0.4) is 0 Å². The first-order valence-electron chi connectivity index (χ1n) is 4.37. The summed E-state index contributed by atoms with van der Waals surface area (Å²) in [5, 5.41) is 0. The van der Waals surface area contributed by atoms with Gasteiger partial charge in [0.25, 0.3) is 0 Å². The highest BCUT2D eigenvalue weighted by molar-refractivity contribution is 9.10. The molecule has 0 unspecified atom stereocenters. The van der Waals surface area contributed by atoms with Gasteiger partial charge in [0, 0.05) is 23.4 Å². The molecule has 0 aliphatic rings. The van der Waals surface area contributed by atoms with Crippen molar-refractivity contribution in [1.29, 1.82) is 0 Å². The lowest BCUT2D eigenvalue weighted by molar-refractivity contribution is 1.32. The molecule has 0 atom stereocenters. The first-order valence-corrected chi connectivity index (χ1v) is 5.16. The molecule has 0 spiro atoms. The number of hydrogen-bond donors (Lipinski definition) is 0. The first-order chi connectivity index (χ1) is 6.77. The average molecular weight is 253 g/mol. The zero-order valence-corrected chi connectivity index (χ0v) is 9.90. The number of hydrogen-bond acceptors (Lipinski definition) is 1. The van der Waals surface area contributed by atoms with Crippen molar-refractivity contribution in [3.05, 3.63) is 41.0 Å². The molecule has 1 aromatic carbocycles. The molecule has 0 radical (unpaired) electrons. The van der Waals surface area contributed by atoms with Crippen LogP contribution in [0.4, 0.5) is 5.69 Å². The van der Waals surface area contributed by atoms with Crippen molar-refractivity contribution in [2.75, 3.05) is 11.9 Å². The molecule has 0 saturated carbocycles. The number of anilines is 1. The molecule has 0 bridgehead atoms. The molecular formula is C11H13BrN2. The van der Waals surface area contributed by atoms with Crippen LogP contribution < -0.4 is 4.90 Å². The maximum atomic E-state index is 3.99. The van der Waals surface area contributed by atoms with Gasteiger partial charge in [-0.3, -0.25) is 4.99 Å². The van der Waals surface area contributed by atoms with Gasteiger partial charge < -0.3 is 4.90 Å². The highest BCUT2D eigenvalue weighted by Gasteiger charge is 1.98. The molecule has 0 aliphatic carbocycles. The fourth-order valence-electron chi connectivity index (χ4n) is 1.09. The van der Waals surface area contributed by atoms with Crippen molar-refractivity contribution in [1.82, 2.24) is 0 Å². The molecule has 0 saturated heterocycles. The average Bonchev–Trinajstić information content (AvgIpc) is 2.19. The van der Waals surface area contributed by atoms with E-state index < -0.39 is 0 Å². The van der Waals surface area contributed by atoms with Gasteiger partial charge in [0.1, 0.15) is 0 Å². The van der Waals surface area contributed by atoms with Crippen LogP contribution in [0.5, 0.6) is 0 Å². The summed E-state index contributed by atoms with van der Waals surface area (Å²) in [6.45, 7) is 1.98. The van der Waals surface area contributed by atoms with Crippen LogP contribution in [0.1, 0.15) is 6.92 Å². The minimum Gasteiger partial charge on any atom is -0.309 e. The van der Waals surface area contributed by atoms with Crippen molar-refractivity contribution in [2.45, 2.75) is 6.92 Å². The van der Waals surface area contributed by atoms with E-state index in [0.717, 1.165) is 10.2 Å². The molecule has 14 heavy (non-hydrogen) atoms. The normalized spacial score (nSPS) is 11.4. The van der Waals surface area contributed by atoms with Crippen LogP contribution in [-0.4, -0.2) is 13.4 Å². The van der Waals surface area contributed by atoms with Crippen LogP contribution in [0, 0.1) is 0 Å². The van der Waals surface area contributed by atoms with Crippen molar-refractivity contribution in [3.63, 3.8) is 0 Å². The fraction of sp³-hybridized carbons (Fsp3) is 0.182. The van der Waals surface area contributed by atoms with E-state index in [2.05, 4.69) is 20.9 Å².